The molecule has 0 bridgehead atoms. The van der Waals surface area contributed by atoms with Gasteiger partial charge in [0.15, 0.2) is 0 Å². The van der Waals surface area contributed by atoms with Crippen LogP contribution >= 0.6 is 0 Å². The number of epoxide rings is 1. The Kier molecular flexibility index (Phi) is 8.02. The molecule has 1 aliphatic carbocycles. The van der Waals surface area contributed by atoms with Gasteiger partial charge in [0, 0.05) is 28.6 Å². The Bertz CT molecular complexity index is 1770. The Morgan fingerprint density at radius 3 is 2.38 bits per heavy atom. The number of sulfonamides is 1. The van der Waals surface area contributed by atoms with Crippen LogP contribution in [0.15, 0.2) is 36.4 Å². The minimum atomic E-state index is -3.83. The highest BCUT2D eigenvalue weighted by Gasteiger charge is 2.63. The number of benzene rings is 2. The first-order valence-corrected chi connectivity index (χ1v) is 17.3. The smallest absolute Gasteiger partial charge is 0.282 e. The second-order valence-corrected chi connectivity index (χ2v) is 15.7. The van der Waals surface area contributed by atoms with E-state index in [2.05, 4.69) is 22.3 Å². The molecule has 1 N–H and O–H groups in total. The fraction of sp³-hybridized carbons (Fsp3) is 0.529. The van der Waals surface area contributed by atoms with Crippen LogP contribution in [0, 0.1) is 12.3 Å². The summed E-state index contributed by atoms with van der Waals surface area (Å²) in [6, 6.07) is 11.5. The number of hydrogen-bond donors (Lipinski definition) is 1. The molecule has 2 aliphatic heterocycles. The van der Waals surface area contributed by atoms with E-state index >= 15 is 0 Å². The fourth-order valence-electron chi connectivity index (χ4n) is 6.73. The molecule has 6 rings (SSSR count). The monoisotopic (exact) mass is 637 g/mol. The van der Waals surface area contributed by atoms with E-state index < -0.39 is 32.5 Å². The number of aryl methyl sites for hydroxylation is 1. The lowest BCUT2D eigenvalue weighted by molar-refractivity contribution is -0.282. The molecule has 0 radical (unpaired) electrons. The van der Waals surface area contributed by atoms with Crippen LogP contribution in [0.5, 0.6) is 5.75 Å². The van der Waals surface area contributed by atoms with Gasteiger partial charge in [0.05, 0.1) is 23.5 Å². The summed E-state index contributed by atoms with van der Waals surface area (Å²) in [5.41, 5.74) is 4.44. The molecule has 11 heteroatoms. The van der Waals surface area contributed by atoms with Crippen LogP contribution in [-0.2, 0) is 30.8 Å². The molecule has 1 atom stereocenters. The van der Waals surface area contributed by atoms with Gasteiger partial charge in [0.1, 0.15) is 19.1 Å². The van der Waals surface area contributed by atoms with Crippen molar-refractivity contribution in [2.24, 2.45) is 5.41 Å². The first-order chi connectivity index (χ1) is 21.3. The van der Waals surface area contributed by atoms with Crippen LogP contribution in [0.4, 0.5) is 0 Å². The van der Waals surface area contributed by atoms with Crippen LogP contribution in [0.1, 0.15) is 87.2 Å². The molecule has 1 spiro atoms. The Morgan fingerprint density at radius 1 is 1.09 bits per heavy atom. The lowest BCUT2D eigenvalue weighted by atomic mass is 9.81. The first kappa shape index (κ1) is 31.6. The molecular weight excluding hydrogens is 594 g/mol. The lowest BCUT2D eigenvalue weighted by Crippen LogP contribution is -2.60. The molecule has 3 aromatic rings. The van der Waals surface area contributed by atoms with Gasteiger partial charge in [-0.3, -0.25) is 14.5 Å². The zero-order valence-electron chi connectivity index (χ0n) is 26.9. The minimum Gasteiger partial charge on any atom is -0.497 e. The minimum absolute atomic E-state index is 0.0818. The van der Waals surface area contributed by atoms with E-state index in [4.69, 9.17) is 14.2 Å². The van der Waals surface area contributed by atoms with Gasteiger partial charge >= 0.3 is 0 Å². The van der Waals surface area contributed by atoms with E-state index in [-0.39, 0.29) is 18.2 Å². The third kappa shape index (κ3) is 5.63. The number of carbonyl (C=O) groups excluding carboxylic acids is 2. The van der Waals surface area contributed by atoms with Crippen molar-refractivity contribution in [1.29, 1.82) is 0 Å². The molecular formula is C34H43N3O7S. The van der Waals surface area contributed by atoms with Gasteiger partial charge in [0.25, 0.3) is 11.8 Å². The number of ether oxygens (including phenoxy) is 3. The molecule has 2 amide bonds. The Labute approximate surface area is 265 Å². The topological polar surface area (TPSA) is 119 Å². The quantitative estimate of drug-likeness (QED) is 0.301. The summed E-state index contributed by atoms with van der Waals surface area (Å²) in [5.74, 6) is -0.636. The number of rotatable bonds is 9. The Balaban J connectivity index is 1.55. The molecule has 3 fully saturated rings. The lowest BCUT2D eigenvalue weighted by Gasteiger charge is -2.42. The standard InChI is InChI=1S/C34H43N3O7S/c1-21(2)45(40,41)35-31(38)24-12-14-27-28(17-24)36(18-33(4,5)32(39)37-20-44-34(37)19-43-34)30(29(27)23-10-8-7-9-11-23)26-15-13-25(42-6)16-22(26)3/h12-17,21,23H,7-11,18-20H2,1-6H3,(H,35,38). The van der Waals surface area contributed by atoms with Crippen molar-refractivity contribution in [3.8, 4) is 17.0 Å². The molecule has 242 valence electrons. The number of amides is 2. The maximum Gasteiger partial charge on any atom is 0.282 e. The number of nitrogens with one attached hydrogen (secondary N) is 1. The van der Waals surface area contributed by atoms with Crippen molar-refractivity contribution in [2.45, 2.75) is 90.3 Å². The summed E-state index contributed by atoms with van der Waals surface area (Å²) in [5, 5.41) is 0.251. The predicted molar refractivity (Wildman–Crippen MR) is 171 cm³/mol. The summed E-state index contributed by atoms with van der Waals surface area (Å²) in [6.07, 6.45) is 5.55. The second-order valence-electron chi connectivity index (χ2n) is 13.5. The van der Waals surface area contributed by atoms with Crippen LogP contribution in [0.2, 0.25) is 0 Å². The van der Waals surface area contributed by atoms with Crippen LogP contribution in [0.25, 0.3) is 22.2 Å². The van der Waals surface area contributed by atoms with E-state index in [1.54, 1.807) is 24.1 Å². The van der Waals surface area contributed by atoms with E-state index in [0.717, 1.165) is 59.2 Å². The predicted octanol–water partition coefficient (Wildman–Crippen LogP) is 5.67. The number of hydrogen-bond acceptors (Lipinski definition) is 7. The number of carbonyl (C=O) groups is 2. The molecule has 10 nitrogen and oxygen atoms in total. The highest BCUT2D eigenvalue weighted by Crippen LogP contribution is 2.47. The normalized spacial score (nSPS) is 20.5. The third-order valence-corrected chi connectivity index (χ3v) is 11.2. The molecule has 3 heterocycles. The number of aromatic nitrogens is 1. The van der Waals surface area contributed by atoms with Crippen molar-refractivity contribution in [3.63, 3.8) is 0 Å². The van der Waals surface area contributed by atoms with Gasteiger partial charge in [-0.05, 0) is 94.8 Å². The molecule has 2 saturated heterocycles. The SMILES string of the molecule is COc1ccc(-c2c(C3CCCCC3)c3ccc(C(=O)NS(=O)(=O)C(C)C)cc3n2CC(C)(C)C(=O)N2COC23CO3)c(C)c1. The molecule has 45 heavy (non-hydrogen) atoms. The van der Waals surface area contributed by atoms with E-state index in [9.17, 15) is 18.0 Å². The number of methoxy groups -OCH3 is 1. The number of nitrogens with zero attached hydrogens (tertiary/aromatic N) is 2. The summed E-state index contributed by atoms with van der Waals surface area (Å²) >= 11 is 0. The van der Waals surface area contributed by atoms with Crippen molar-refractivity contribution in [1.82, 2.24) is 14.2 Å². The van der Waals surface area contributed by atoms with Gasteiger partial charge in [-0.1, -0.05) is 25.3 Å². The fourth-order valence-corrected chi connectivity index (χ4v) is 7.34. The average molecular weight is 638 g/mol. The largest absolute Gasteiger partial charge is 0.497 e. The van der Waals surface area contributed by atoms with Gasteiger partial charge in [0.2, 0.25) is 15.9 Å². The molecule has 2 aromatic carbocycles. The Morgan fingerprint density at radius 2 is 1.80 bits per heavy atom. The van der Waals surface area contributed by atoms with Crippen molar-refractivity contribution in [3.05, 3.63) is 53.1 Å². The van der Waals surface area contributed by atoms with Gasteiger partial charge < -0.3 is 18.8 Å². The summed E-state index contributed by atoms with van der Waals surface area (Å²) in [6.45, 7) is 9.83. The van der Waals surface area contributed by atoms with Crippen molar-refractivity contribution >= 4 is 32.7 Å². The molecule has 1 unspecified atom stereocenters. The third-order valence-electron chi connectivity index (χ3n) is 9.52. The Hall–Kier alpha value is -3.41. The molecule has 1 saturated carbocycles. The van der Waals surface area contributed by atoms with Gasteiger partial charge in [-0.25, -0.2) is 13.1 Å². The maximum absolute atomic E-state index is 14.0. The summed E-state index contributed by atoms with van der Waals surface area (Å²) < 4.78 is 46.1. The van der Waals surface area contributed by atoms with Gasteiger partial charge in [-0.2, -0.15) is 0 Å². The summed E-state index contributed by atoms with van der Waals surface area (Å²) in [4.78, 5) is 28.9. The molecule has 3 aliphatic rings. The van der Waals surface area contributed by atoms with Crippen molar-refractivity contribution < 1.29 is 32.2 Å². The van der Waals surface area contributed by atoms with Crippen molar-refractivity contribution in [2.75, 3.05) is 20.4 Å². The summed E-state index contributed by atoms with van der Waals surface area (Å²) in [7, 11) is -2.18. The van der Waals surface area contributed by atoms with Crippen LogP contribution in [-0.4, -0.2) is 61.3 Å². The highest BCUT2D eigenvalue weighted by atomic mass is 32.2. The zero-order chi connectivity index (χ0) is 32.3. The zero-order valence-corrected chi connectivity index (χ0v) is 27.8. The molecule has 1 aromatic heterocycles. The maximum atomic E-state index is 14.0. The van der Waals surface area contributed by atoms with E-state index in [1.165, 1.54) is 25.8 Å². The highest BCUT2D eigenvalue weighted by molar-refractivity contribution is 7.90. The first-order valence-electron chi connectivity index (χ1n) is 15.7. The van der Waals surface area contributed by atoms with Crippen LogP contribution in [0.3, 0.4) is 0 Å². The van der Waals surface area contributed by atoms with E-state index in [0.29, 0.717) is 19.1 Å². The second kappa shape index (κ2) is 11.4. The number of fused-ring (bicyclic) bond motifs is 1. The van der Waals surface area contributed by atoms with Crippen LogP contribution < -0.4 is 9.46 Å². The van der Waals surface area contributed by atoms with E-state index in [1.807, 2.05) is 32.0 Å². The average Bonchev–Trinajstić information content (AvgIpc) is 3.77. The van der Waals surface area contributed by atoms with Gasteiger partial charge in [-0.15, -0.1) is 0 Å².